The van der Waals surface area contributed by atoms with Crippen molar-refractivity contribution in [2.24, 2.45) is 5.73 Å². The van der Waals surface area contributed by atoms with Crippen molar-refractivity contribution < 1.29 is 9.53 Å². The van der Waals surface area contributed by atoms with E-state index in [0.717, 1.165) is 62.8 Å². The Morgan fingerprint density at radius 1 is 1.20 bits per heavy atom. The first-order valence-corrected chi connectivity index (χ1v) is 9.00. The summed E-state index contributed by atoms with van der Waals surface area (Å²) in [6.45, 7) is 7.41. The number of aromatic nitrogens is 1. The number of benzene rings is 1. The topological polar surface area (TPSA) is 60.5 Å². The standard InChI is InChI=1S/C19H24ClN3O2/c1-14-17(19(21)24)13-18(15-3-5-16(20)6-4-15)23(14)8-2-7-22-9-11-25-12-10-22/h3-6,13H,2,7-12H2,1H3,(H2,21,24). The van der Waals surface area contributed by atoms with Crippen LogP contribution >= 0.6 is 11.6 Å². The molecule has 1 aromatic carbocycles. The van der Waals surface area contributed by atoms with Gasteiger partial charge in [0.15, 0.2) is 0 Å². The molecule has 5 nitrogen and oxygen atoms in total. The molecule has 0 aliphatic carbocycles. The maximum atomic E-state index is 11.8. The van der Waals surface area contributed by atoms with Crippen LogP contribution in [0.2, 0.25) is 5.02 Å². The summed E-state index contributed by atoms with van der Waals surface area (Å²) in [5.74, 6) is -0.389. The second kappa shape index (κ2) is 8.04. The van der Waals surface area contributed by atoms with Gasteiger partial charge in [0.05, 0.1) is 18.8 Å². The maximum absolute atomic E-state index is 11.8. The van der Waals surface area contributed by atoms with Gasteiger partial charge in [0.25, 0.3) is 5.91 Å². The number of amides is 1. The number of rotatable bonds is 6. The van der Waals surface area contributed by atoms with E-state index in [1.807, 2.05) is 37.3 Å². The third-order valence-corrected chi connectivity index (χ3v) is 4.98. The first-order chi connectivity index (χ1) is 12.1. The fourth-order valence-electron chi connectivity index (χ4n) is 3.32. The van der Waals surface area contributed by atoms with Crippen molar-refractivity contribution in [3.05, 3.63) is 46.6 Å². The van der Waals surface area contributed by atoms with Gasteiger partial charge in [-0.3, -0.25) is 9.69 Å². The van der Waals surface area contributed by atoms with E-state index in [1.54, 1.807) is 0 Å². The molecule has 2 aromatic rings. The highest BCUT2D eigenvalue weighted by Crippen LogP contribution is 2.27. The Balaban J connectivity index is 1.80. The van der Waals surface area contributed by atoms with Crippen molar-refractivity contribution in [1.29, 1.82) is 0 Å². The van der Waals surface area contributed by atoms with Gasteiger partial charge in [-0.05, 0) is 37.1 Å². The molecule has 3 rings (SSSR count). The summed E-state index contributed by atoms with van der Waals surface area (Å²) in [6.07, 6.45) is 1.01. The van der Waals surface area contributed by atoms with Gasteiger partial charge < -0.3 is 15.0 Å². The Bertz CT molecular complexity index is 734. The third-order valence-electron chi connectivity index (χ3n) is 4.73. The molecule has 1 amide bonds. The summed E-state index contributed by atoms with van der Waals surface area (Å²) in [6, 6.07) is 9.55. The highest BCUT2D eigenvalue weighted by Gasteiger charge is 2.17. The number of carbonyl (C=O) groups excluding carboxylic acids is 1. The zero-order valence-corrected chi connectivity index (χ0v) is 15.3. The number of hydrogen-bond acceptors (Lipinski definition) is 3. The molecule has 1 aliphatic rings. The molecule has 1 aliphatic heterocycles. The first kappa shape index (κ1) is 18.0. The lowest BCUT2D eigenvalue weighted by Crippen LogP contribution is -2.37. The molecule has 0 atom stereocenters. The van der Waals surface area contributed by atoms with Crippen LogP contribution in [0, 0.1) is 6.92 Å². The van der Waals surface area contributed by atoms with Gasteiger partial charge in [-0.25, -0.2) is 0 Å². The van der Waals surface area contributed by atoms with E-state index in [-0.39, 0.29) is 5.91 Å². The fraction of sp³-hybridized carbons (Fsp3) is 0.421. The minimum atomic E-state index is -0.389. The summed E-state index contributed by atoms with van der Waals surface area (Å²) in [5.41, 5.74) is 9.08. The molecule has 25 heavy (non-hydrogen) atoms. The average Bonchev–Trinajstić information content (AvgIpc) is 2.94. The Morgan fingerprint density at radius 3 is 2.52 bits per heavy atom. The van der Waals surface area contributed by atoms with Crippen molar-refractivity contribution in [1.82, 2.24) is 9.47 Å². The Kier molecular flexibility index (Phi) is 5.78. The lowest BCUT2D eigenvalue weighted by Gasteiger charge is -2.26. The van der Waals surface area contributed by atoms with Gasteiger partial charge in [0.2, 0.25) is 0 Å². The predicted octanol–water partition coefficient (Wildman–Crippen LogP) is 2.94. The average molecular weight is 362 g/mol. The Morgan fingerprint density at radius 2 is 1.88 bits per heavy atom. The number of primary amides is 1. The highest BCUT2D eigenvalue weighted by atomic mass is 35.5. The first-order valence-electron chi connectivity index (χ1n) is 8.62. The molecule has 0 saturated carbocycles. The van der Waals surface area contributed by atoms with Crippen LogP contribution in [0.1, 0.15) is 22.5 Å². The molecule has 6 heteroatoms. The number of nitrogens with two attached hydrogens (primary N) is 1. The summed E-state index contributed by atoms with van der Waals surface area (Å²) >= 11 is 6.00. The van der Waals surface area contributed by atoms with Crippen LogP contribution in [-0.4, -0.2) is 48.2 Å². The lowest BCUT2D eigenvalue weighted by molar-refractivity contribution is 0.0369. The summed E-state index contributed by atoms with van der Waals surface area (Å²) in [4.78, 5) is 14.2. The number of morpholine rings is 1. The predicted molar refractivity (Wildman–Crippen MR) is 100 cm³/mol. The van der Waals surface area contributed by atoms with Crippen LogP contribution in [0.15, 0.2) is 30.3 Å². The number of halogens is 1. The van der Waals surface area contributed by atoms with E-state index in [4.69, 9.17) is 22.1 Å². The molecule has 0 radical (unpaired) electrons. The van der Waals surface area contributed by atoms with Crippen molar-refractivity contribution in [3.8, 4) is 11.3 Å². The summed E-state index contributed by atoms with van der Waals surface area (Å²) in [7, 11) is 0. The molecule has 2 heterocycles. The van der Waals surface area contributed by atoms with Crippen LogP contribution in [0.5, 0.6) is 0 Å². The molecule has 134 valence electrons. The van der Waals surface area contributed by atoms with Gasteiger partial charge in [-0.1, -0.05) is 23.7 Å². The van der Waals surface area contributed by atoms with Gasteiger partial charge in [0.1, 0.15) is 0 Å². The molecular formula is C19H24ClN3O2. The molecular weight excluding hydrogens is 338 g/mol. The molecule has 1 fully saturated rings. The number of hydrogen-bond donors (Lipinski definition) is 1. The van der Waals surface area contributed by atoms with Crippen LogP contribution in [-0.2, 0) is 11.3 Å². The third kappa shape index (κ3) is 4.24. The second-order valence-corrected chi connectivity index (χ2v) is 6.80. The molecule has 1 aromatic heterocycles. The number of ether oxygens (including phenoxy) is 1. The normalized spacial score (nSPS) is 15.4. The highest BCUT2D eigenvalue weighted by molar-refractivity contribution is 6.30. The molecule has 0 unspecified atom stereocenters. The van der Waals surface area contributed by atoms with Crippen LogP contribution in [0.25, 0.3) is 11.3 Å². The van der Waals surface area contributed by atoms with Crippen LogP contribution in [0.4, 0.5) is 0 Å². The molecule has 0 bridgehead atoms. The SMILES string of the molecule is Cc1c(C(N)=O)cc(-c2ccc(Cl)cc2)n1CCCN1CCOCC1. The quantitative estimate of drug-likeness (QED) is 0.860. The summed E-state index contributed by atoms with van der Waals surface area (Å²) in [5, 5.41) is 0.695. The fourth-order valence-corrected chi connectivity index (χ4v) is 3.45. The Labute approximate surface area is 153 Å². The second-order valence-electron chi connectivity index (χ2n) is 6.36. The van der Waals surface area contributed by atoms with Crippen molar-refractivity contribution >= 4 is 17.5 Å². The van der Waals surface area contributed by atoms with Gasteiger partial charge in [-0.2, -0.15) is 0 Å². The minimum Gasteiger partial charge on any atom is -0.379 e. The monoisotopic (exact) mass is 361 g/mol. The van der Waals surface area contributed by atoms with E-state index in [9.17, 15) is 4.79 Å². The van der Waals surface area contributed by atoms with Crippen molar-refractivity contribution in [3.63, 3.8) is 0 Å². The lowest BCUT2D eigenvalue weighted by atomic mass is 10.1. The zero-order valence-electron chi connectivity index (χ0n) is 14.5. The number of carbonyl (C=O) groups is 1. The smallest absolute Gasteiger partial charge is 0.250 e. The van der Waals surface area contributed by atoms with E-state index >= 15 is 0 Å². The van der Waals surface area contributed by atoms with Gasteiger partial charge in [-0.15, -0.1) is 0 Å². The van der Waals surface area contributed by atoms with Crippen molar-refractivity contribution in [2.75, 3.05) is 32.8 Å². The van der Waals surface area contributed by atoms with Crippen molar-refractivity contribution in [2.45, 2.75) is 19.9 Å². The molecule has 2 N–H and O–H groups in total. The van der Waals surface area contributed by atoms with Crippen LogP contribution < -0.4 is 5.73 Å². The zero-order chi connectivity index (χ0) is 17.8. The van der Waals surface area contributed by atoms with E-state index in [0.29, 0.717) is 10.6 Å². The van der Waals surface area contributed by atoms with E-state index in [1.165, 1.54) is 0 Å². The van der Waals surface area contributed by atoms with Crippen LogP contribution in [0.3, 0.4) is 0 Å². The van der Waals surface area contributed by atoms with E-state index < -0.39 is 0 Å². The minimum absolute atomic E-state index is 0.389. The molecule has 0 spiro atoms. The maximum Gasteiger partial charge on any atom is 0.250 e. The largest absolute Gasteiger partial charge is 0.379 e. The molecule has 1 saturated heterocycles. The van der Waals surface area contributed by atoms with Gasteiger partial charge >= 0.3 is 0 Å². The van der Waals surface area contributed by atoms with Gasteiger partial charge in [0, 0.05) is 42.6 Å². The Hall–Kier alpha value is -1.82. The van der Waals surface area contributed by atoms with E-state index in [2.05, 4.69) is 9.47 Å². The summed E-state index contributed by atoms with van der Waals surface area (Å²) < 4.78 is 7.57. The number of nitrogens with zero attached hydrogens (tertiary/aromatic N) is 2.